The van der Waals surface area contributed by atoms with E-state index in [0.29, 0.717) is 38.2 Å². The molecule has 0 radical (unpaired) electrons. The standard InChI is InChI=1S/C26H27N5O2/c1-3-21(4-2)30-18-31(22-8-6-5-7-9-22)26(25(30)33)12-14-29(15-13-26)24(32)19-10-11-23-20(16-19)17-27-28-23/h3-11,16-17H,1,12-15,18H2,2H3,(H,27,28)/b21-4+. The van der Waals surface area contributed by atoms with Gasteiger partial charge in [0.15, 0.2) is 0 Å². The molecule has 1 N–H and O–H groups in total. The molecule has 2 aliphatic heterocycles. The first kappa shape index (κ1) is 21.0. The normalized spacial score (nSPS) is 18.4. The minimum absolute atomic E-state index is 0.0123. The van der Waals surface area contributed by atoms with Crippen LogP contribution in [0.25, 0.3) is 10.9 Å². The number of fused-ring (bicyclic) bond motifs is 1. The van der Waals surface area contributed by atoms with Crippen LogP contribution in [-0.4, -0.2) is 57.1 Å². The van der Waals surface area contributed by atoms with Gasteiger partial charge in [-0.1, -0.05) is 30.9 Å². The maximum Gasteiger partial charge on any atom is 0.254 e. The summed E-state index contributed by atoms with van der Waals surface area (Å²) in [4.78, 5) is 32.9. The first-order chi connectivity index (χ1) is 16.1. The number of hydrogen-bond donors (Lipinski definition) is 1. The fourth-order valence-corrected chi connectivity index (χ4v) is 5.05. The molecule has 33 heavy (non-hydrogen) atoms. The number of nitrogens with one attached hydrogen (secondary N) is 1. The molecule has 2 aromatic carbocycles. The van der Waals surface area contributed by atoms with Crippen molar-refractivity contribution >= 4 is 28.4 Å². The molecule has 0 unspecified atom stereocenters. The molecular formula is C26H27N5O2. The van der Waals surface area contributed by atoms with Gasteiger partial charge in [0.05, 0.1) is 18.4 Å². The first-order valence-corrected chi connectivity index (χ1v) is 11.2. The van der Waals surface area contributed by atoms with E-state index in [0.717, 1.165) is 22.3 Å². The van der Waals surface area contributed by atoms with Gasteiger partial charge in [-0.25, -0.2) is 0 Å². The number of aromatic nitrogens is 2. The topological polar surface area (TPSA) is 72.5 Å². The second kappa shape index (κ2) is 8.24. The van der Waals surface area contributed by atoms with Crippen LogP contribution in [0.2, 0.25) is 0 Å². The average Bonchev–Trinajstić information content (AvgIpc) is 3.44. The highest BCUT2D eigenvalue weighted by molar-refractivity contribution is 5.99. The number of likely N-dealkylation sites (tertiary alicyclic amines) is 1. The van der Waals surface area contributed by atoms with Gasteiger partial charge in [0, 0.05) is 35.4 Å². The Balaban J connectivity index is 1.42. The smallest absolute Gasteiger partial charge is 0.254 e. The summed E-state index contributed by atoms with van der Waals surface area (Å²) in [6, 6.07) is 15.6. The van der Waals surface area contributed by atoms with Gasteiger partial charge in [-0.15, -0.1) is 0 Å². The molecule has 2 amide bonds. The second-order valence-corrected chi connectivity index (χ2v) is 8.55. The zero-order chi connectivity index (χ0) is 23.0. The van der Waals surface area contributed by atoms with Gasteiger partial charge in [0.2, 0.25) is 0 Å². The van der Waals surface area contributed by atoms with Crippen LogP contribution < -0.4 is 4.90 Å². The summed E-state index contributed by atoms with van der Waals surface area (Å²) >= 11 is 0. The Morgan fingerprint density at radius 2 is 1.91 bits per heavy atom. The summed E-state index contributed by atoms with van der Waals surface area (Å²) in [5.41, 5.74) is 2.69. The molecule has 3 aromatic rings. The summed E-state index contributed by atoms with van der Waals surface area (Å²) < 4.78 is 0. The third-order valence-electron chi connectivity index (χ3n) is 6.89. The monoisotopic (exact) mass is 441 g/mol. The number of carbonyl (C=O) groups is 2. The number of aromatic amines is 1. The first-order valence-electron chi connectivity index (χ1n) is 11.2. The molecule has 2 aliphatic rings. The third kappa shape index (κ3) is 3.40. The van der Waals surface area contributed by atoms with Crippen LogP contribution in [0.4, 0.5) is 5.69 Å². The van der Waals surface area contributed by atoms with E-state index in [4.69, 9.17) is 0 Å². The summed E-state index contributed by atoms with van der Waals surface area (Å²) in [6.07, 6.45) is 6.51. The molecule has 2 saturated heterocycles. The van der Waals surface area contributed by atoms with Crippen molar-refractivity contribution < 1.29 is 9.59 Å². The lowest BCUT2D eigenvalue weighted by Gasteiger charge is -2.43. The Morgan fingerprint density at radius 1 is 1.15 bits per heavy atom. The number of hydrogen-bond acceptors (Lipinski definition) is 4. The Bertz CT molecular complexity index is 1240. The highest BCUT2D eigenvalue weighted by Gasteiger charge is 2.54. The van der Waals surface area contributed by atoms with Crippen molar-refractivity contribution in [3.63, 3.8) is 0 Å². The number of benzene rings is 2. The molecule has 1 spiro atoms. The lowest BCUT2D eigenvalue weighted by molar-refractivity contribution is -0.131. The van der Waals surface area contributed by atoms with E-state index in [1.54, 1.807) is 12.3 Å². The van der Waals surface area contributed by atoms with Crippen molar-refractivity contribution in [2.45, 2.75) is 25.3 Å². The highest BCUT2D eigenvalue weighted by atomic mass is 16.2. The summed E-state index contributed by atoms with van der Waals surface area (Å²) in [5, 5.41) is 7.86. The fourth-order valence-electron chi connectivity index (χ4n) is 5.05. The van der Waals surface area contributed by atoms with Crippen LogP contribution in [0.3, 0.4) is 0 Å². The number of para-hydroxylation sites is 1. The lowest BCUT2D eigenvalue weighted by atomic mass is 9.85. The molecule has 1 aromatic heterocycles. The third-order valence-corrected chi connectivity index (χ3v) is 6.89. The van der Waals surface area contributed by atoms with Crippen LogP contribution >= 0.6 is 0 Å². The van der Waals surface area contributed by atoms with Crippen molar-refractivity contribution in [3.8, 4) is 0 Å². The van der Waals surface area contributed by atoms with Gasteiger partial charge in [-0.3, -0.25) is 19.6 Å². The summed E-state index contributed by atoms with van der Waals surface area (Å²) in [7, 11) is 0. The second-order valence-electron chi connectivity index (χ2n) is 8.55. The van der Waals surface area contributed by atoms with Gasteiger partial charge in [-0.2, -0.15) is 5.10 Å². The van der Waals surface area contributed by atoms with Crippen LogP contribution in [0.5, 0.6) is 0 Å². The fraction of sp³-hybridized carbons (Fsp3) is 0.269. The van der Waals surface area contributed by atoms with E-state index >= 15 is 0 Å². The van der Waals surface area contributed by atoms with Gasteiger partial charge in [0.25, 0.3) is 11.8 Å². The minimum atomic E-state index is -0.677. The van der Waals surface area contributed by atoms with Crippen LogP contribution in [0, 0.1) is 0 Å². The zero-order valence-corrected chi connectivity index (χ0v) is 18.7. The largest absolute Gasteiger partial charge is 0.338 e. The van der Waals surface area contributed by atoms with E-state index in [1.165, 1.54) is 0 Å². The molecule has 0 atom stereocenters. The number of piperidine rings is 1. The van der Waals surface area contributed by atoms with Gasteiger partial charge in [0.1, 0.15) is 5.54 Å². The van der Waals surface area contributed by atoms with Gasteiger partial charge >= 0.3 is 0 Å². The Kier molecular flexibility index (Phi) is 5.24. The number of rotatable bonds is 4. The summed E-state index contributed by atoms with van der Waals surface area (Å²) in [6.45, 7) is 7.31. The van der Waals surface area contributed by atoms with Crippen molar-refractivity contribution in [2.24, 2.45) is 0 Å². The maximum atomic E-state index is 13.8. The van der Waals surface area contributed by atoms with Crippen molar-refractivity contribution in [1.29, 1.82) is 0 Å². The number of nitrogens with zero attached hydrogens (tertiary/aromatic N) is 4. The quantitative estimate of drug-likeness (QED) is 0.623. The molecule has 168 valence electrons. The predicted molar refractivity (Wildman–Crippen MR) is 129 cm³/mol. The van der Waals surface area contributed by atoms with E-state index in [2.05, 4.69) is 21.7 Å². The summed E-state index contributed by atoms with van der Waals surface area (Å²) in [5.74, 6) is 0.0630. The Morgan fingerprint density at radius 3 is 2.61 bits per heavy atom. The Hall–Kier alpha value is -3.87. The molecule has 0 bridgehead atoms. The van der Waals surface area contributed by atoms with Crippen LogP contribution in [0.1, 0.15) is 30.1 Å². The van der Waals surface area contributed by atoms with E-state index in [1.807, 2.05) is 71.3 Å². The van der Waals surface area contributed by atoms with Crippen molar-refractivity contribution in [3.05, 3.63) is 84.7 Å². The van der Waals surface area contributed by atoms with Crippen molar-refractivity contribution in [2.75, 3.05) is 24.7 Å². The van der Waals surface area contributed by atoms with E-state index in [-0.39, 0.29) is 11.8 Å². The minimum Gasteiger partial charge on any atom is -0.338 e. The number of H-pyrrole nitrogens is 1. The molecule has 7 nitrogen and oxygen atoms in total. The number of amides is 2. The zero-order valence-electron chi connectivity index (χ0n) is 18.7. The number of anilines is 1. The molecule has 0 aliphatic carbocycles. The van der Waals surface area contributed by atoms with Gasteiger partial charge in [-0.05, 0) is 56.2 Å². The van der Waals surface area contributed by atoms with Gasteiger partial charge < -0.3 is 9.80 Å². The number of allylic oxidation sites excluding steroid dienone is 2. The highest BCUT2D eigenvalue weighted by Crippen LogP contribution is 2.41. The molecule has 2 fully saturated rings. The molecule has 0 saturated carbocycles. The molecule has 7 heteroatoms. The average molecular weight is 442 g/mol. The molecule has 3 heterocycles. The SMILES string of the molecule is C=C/C(=C\C)N1CN(c2ccccc2)C2(CCN(C(=O)c3ccc4[nH]ncc4c3)CC2)C1=O. The van der Waals surface area contributed by atoms with Crippen LogP contribution in [-0.2, 0) is 4.79 Å². The number of carbonyl (C=O) groups excluding carboxylic acids is 2. The molecular weight excluding hydrogens is 414 g/mol. The lowest BCUT2D eigenvalue weighted by Crippen LogP contribution is -2.57. The van der Waals surface area contributed by atoms with Crippen LogP contribution in [0.15, 0.2) is 79.2 Å². The predicted octanol–water partition coefficient (Wildman–Crippen LogP) is 3.93. The maximum absolute atomic E-state index is 13.8. The van der Waals surface area contributed by atoms with E-state index in [9.17, 15) is 9.59 Å². The Labute approximate surface area is 193 Å². The van der Waals surface area contributed by atoms with E-state index < -0.39 is 5.54 Å². The molecule has 5 rings (SSSR count). The van der Waals surface area contributed by atoms with Crippen molar-refractivity contribution in [1.82, 2.24) is 20.0 Å².